The van der Waals surface area contributed by atoms with Gasteiger partial charge in [-0.1, -0.05) is 132 Å². The maximum Gasteiger partial charge on any atom is 0.256 e. The summed E-state index contributed by atoms with van der Waals surface area (Å²) in [7, 11) is 0. The van der Waals surface area contributed by atoms with Crippen LogP contribution >= 0.6 is 0 Å². The van der Waals surface area contributed by atoms with Gasteiger partial charge in [0.15, 0.2) is 0 Å². The molecule has 0 saturated carbocycles. The summed E-state index contributed by atoms with van der Waals surface area (Å²) in [4.78, 5) is 2.54. The van der Waals surface area contributed by atoms with Crippen LogP contribution < -0.4 is 42.4 Å². The molecule has 4 aliphatic heterocycles. The second-order valence-electron chi connectivity index (χ2n) is 21.2. The van der Waals surface area contributed by atoms with E-state index in [0.29, 0.717) is 0 Å². The summed E-state index contributed by atoms with van der Waals surface area (Å²) < 4.78 is 12.7. The minimum Gasteiger partial charge on any atom is -0.458 e. The number of fused-ring (bicyclic) bond motifs is 14. The Kier molecular flexibility index (Phi) is 7.89. The third-order valence-electron chi connectivity index (χ3n) is 16.8. The van der Waals surface area contributed by atoms with Crippen LogP contribution in [0.1, 0.15) is 33.4 Å². The molecule has 0 amide bonds. The van der Waals surface area contributed by atoms with Crippen molar-refractivity contribution >= 4 is 107 Å². The number of rotatable bonds is 3. The first kappa shape index (κ1) is 40.3. The Bertz CT molecular complexity index is 4420. The molecule has 2 aromatic heterocycles. The van der Waals surface area contributed by atoms with Crippen molar-refractivity contribution in [3.05, 3.63) is 209 Å². The maximum absolute atomic E-state index is 7.58. The van der Waals surface area contributed by atoms with E-state index >= 15 is 0 Å². The number of hydrogen-bond donors (Lipinski definition) is 0. The largest absolute Gasteiger partial charge is 0.458 e. The van der Waals surface area contributed by atoms with Crippen molar-refractivity contribution in [2.24, 2.45) is 0 Å². The Balaban J connectivity index is 1.04. The molecule has 10 aromatic carbocycles. The number of para-hydroxylation sites is 5. The summed E-state index contributed by atoms with van der Waals surface area (Å²) in [5, 5.41) is 5.12. The summed E-state index contributed by atoms with van der Waals surface area (Å²) in [5.74, 6) is 1.83. The zero-order chi connectivity index (χ0) is 48.0. The molecule has 4 nitrogen and oxygen atoms in total. The molecular weight excluding hydrogens is 872 g/mol. The van der Waals surface area contributed by atoms with Gasteiger partial charge < -0.3 is 18.8 Å². The second-order valence-corrected chi connectivity index (χ2v) is 21.2. The molecule has 16 rings (SSSR count). The van der Waals surface area contributed by atoms with Gasteiger partial charge in [0.25, 0.3) is 13.4 Å². The fourth-order valence-electron chi connectivity index (χ4n) is 14.5. The highest BCUT2D eigenvalue weighted by atomic mass is 16.5. The fraction of sp³-hybridized carbons (Fsp3) is 0.0909. The Morgan fingerprint density at radius 2 is 0.847 bits per heavy atom. The normalized spacial score (nSPS) is 13.4. The van der Waals surface area contributed by atoms with Crippen LogP contribution in [-0.2, 0) is 0 Å². The molecule has 12 aromatic rings. The van der Waals surface area contributed by atoms with E-state index in [1.807, 2.05) is 0 Å². The molecule has 4 aliphatic rings. The van der Waals surface area contributed by atoms with Gasteiger partial charge in [-0.05, 0) is 167 Å². The van der Waals surface area contributed by atoms with Crippen LogP contribution in [0, 0.1) is 41.5 Å². The number of aryl methyl sites for hydroxylation is 6. The fourth-order valence-corrected chi connectivity index (χ4v) is 14.5. The van der Waals surface area contributed by atoms with Crippen molar-refractivity contribution in [3.63, 3.8) is 0 Å². The van der Waals surface area contributed by atoms with E-state index in [2.05, 4.69) is 232 Å². The van der Waals surface area contributed by atoms with Crippen LogP contribution in [-0.4, -0.2) is 22.6 Å². The van der Waals surface area contributed by atoms with Crippen LogP contribution in [0.25, 0.3) is 77.2 Å². The standard InChI is InChI=1S/C66H47B2N3O/c1-36-26-38(3)61(39(4)27-36)42-30-56-63-57(31-42)70-53-24-12-10-18-45(53)47-20-14-22-49(65(47)70)67(63)51-34-52-59(35-55(51)69(56)44-16-8-7-9-17-44)72-60-33-43(62-40(5)28-37(2)29-41(62)6)32-58-64(60)68(52)50-23-15-21-48-46-19-11-13-25-54(46)71(58)66(48)50/h7-35H,1-6H3. The lowest BCUT2D eigenvalue weighted by Crippen LogP contribution is -2.63. The number of nitrogens with zero attached hydrogens (tertiary/aromatic N) is 3. The highest BCUT2D eigenvalue weighted by molar-refractivity contribution is 7.02. The molecule has 6 heterocycles. The zero-order valence-corrected chi connectivity index (χ0v) is 41.1. The monoisotopic (exact) mass is 919 g/mol. The Hall–Kier alpha value is -8.47. The molecule has 0 unspecified atom stereocenters. The third kappa shape index (κ3) is 5.13. The molecule has 0 radical (unpaired) electrons. The maximum atomic E-state index is 7.58. The highest BCUT2D eigenvalue weighted by Crippen LogP contribution is 2.47. The SMILES string of the molecule is Cc1cc(C)c(-c2cc3c4c(c2)-n2c5ccccc5c5cccc(c52)B4c2cc4c(cc2O3)N(c2ccccc2)c2cc(-c3c(C)cc(C)cc3C)cc3c2B4c2cccc4c5ccccc5n-3c24)c(C)c1. The van der Waals surface area contributed by atoms with Crippen LogP contribution in [0.3, 0.4) is 0 Å². The van der Waals surface area contributed by atoms with Crippen molar-refractivity contribution < 1.29 is 4.74 Å². The first-order valence-electron chi connectivity index (χ1n) is 25.5. The molecule has 338 valence electrons. The average Bonchev–Trinajstić information content (AvgIpc) is 3.90. The summed E-state index contributed by atoms with van der Waals surface area (Å²) in [6, 6.07) is 67.0. The summed E-state index contributed by atoms with van der Waals surface area (Å²) in [5.41, 5.74) is 31.3. The lowest BCUT2D eigenvalue weighted by molar-refractivity contribution is 0.487. The molecule has 0 spiro atoms. The lowest BCUT2D eigenvalue weighted by atomic mass is 9.31. The number of ether oxygens (including phenoxy) is 1. The smallest absolute Gasteiger partial charge is 0.256 e. The van der Waals surface area contributed by atoms with Gasteiger partial charge >= 0.3 is 0 Å². The molecule has 0 bridgehead atoms. The van der Waals surface area contributed by atoms with Crippen LogP contribution in [0.5, 0.6) is 11.5 Å². The third-order valence-corrected chi connectivity index (χ3v) is 16.8. The first-order valence-corrected chi connectivity index (χ1v) is 25.5. The van der Waals surface area contributed by atoms with Gasteiger partial charge in [-0.25, -0.2) is 0 Å². The van der Waals surface area contributed by atoms with Gasteiger partial charge in [-0.2, -0.15) is 0 Å². The van der Waals surface area contributed by atoms with Gasteiger partial charge in [-0.15, -0.1) is 0 Å². The van der Waals surface area contributed by atoms with Gasteiger partial charge in [0.2, 0.25) is 0 Å². The topological polar surface area (TPSA) is 22.3 Å². The number of hydrogen-bond acceptors (Lipinski definition) is 2. The van der Waals surface area contributed by atoms with Crippen molar-refractivity contribution in [2.45, 2.75) is 41.5 Å². The summed E-state index contributed by atoms with van der Waals surface area (Å²) in [6.07, 6.45) is 0. The second kappa shape index (κ2) is 14.1. The van der Waals surface area contributed by atoms with Crippen LogP contribution in [0.4, 0.5) is 17.1 Å². The van der Waals surface area contributed by atoms with Crippen molar-refractivity contribution in [3.8, 4) is 45.1 Å². The molecule has 72 heavy (non-hydrogen) atoms. The van der Waals surface area contributed by atoms with E-state index in [-0.39, 0.29) is 13.4 Å². The van der Waals surface area contributed by atoms with Crippen LogP contribution in [0.15, 0.2) is 176 Å². The molecule has 0 aliphatic carbocycles. The summed E-state index contributed by atoms with van der Waals surface area (Å²) >= 11 is 0. The van der Waals surface area contributed by atoms with Crippen molar-refractivity contribution in [1.29, 1.82) is 0 Å². The molecule has 0 saturated heterocycles. The number of anilines is 3. The Morgan fingerprint density at radius 3 is 1.43 bits per heavy atom. The van der Waals surface area contributed by atoms with E-state index in [0.717, 1.165) is 22.9 Å². The molecule has 6 heteroatoms. The van der Waals surface area contributed by atoms with Crippen LogP contribution in [0.2, 0.25) is 0 Å². The molecular formula is C66H47B2N3O. The first-order chi connectivity index (χ1) is 35.2. The van der Waals surface area contributed by atoms with Gasteiger partial charge in [0, 0.05) is 67.1 Å². The average molecular weight is 920 g/mol. The van der Waals surface area contributed by atoms with Gasteiger partial charge in [-0.3, -0.25) is 0 Å². The predicted molar refractivity (Wildman–Crippen MR) is 305 cm³/mol. The zero-order valence-electron chi connectivity index (χ0n) is 41.1. The van der Waals surface area contributed by atoms with E-state index < -0.39 is 0 Å². The predicted octanol–water partition coefficient (Wildman–Crippen LogP) is 12.6. The van der Waals surface area contributed by atoms with Crippen molar-refractivity contribution in [2.75, 3.05) is 4.90 Å². The number of aromatic nitrogens is 2. The van der Waals surface area contributed by atoms with E-state index in [4.69, 9.17) is 4.74 Å². The van der Waals surface area contributed by atoms with E-state index in [1.165, 1.54) is 149 Å². The molecule has 0 atom stereocenters. The minimum atomic E-state index is -0.0643. The van der Waals surface area contributed by atoms with Gasteiger partial charge in [0.05, 0.1) is 11.0 Å². The summed E-state index contributed by atoms with van der Waals surface area (Å²) in [6.45, 7) is 13.3. The number of benzene rings is 10. The quantitative estimate of drug-likeness (QED) is 0.165. The van der Waals surface area contributed by atoms with E-state index in [1.54, 1.807) is 0 Å². The van der Waals surface area contributed by atoms with Crippen molar-refractivity contribution in [1.82, 2.24) is 9.13 Å². The molecule has 0 N–H and O–H groups in total. The van der Waals surface area contributed by atoms with Gasteiger partial charge in [0.1, 0.15) is 11.5 Å². The Labute approximate surface area is 419 Å². The highest BCUT2D eigenvalue weighted by Gasteiger charge is 2.47. The minimum absolute atomic E-state index is 0.0494. The Morgan fingerprint density at radius 1 is 0.361 bits per heavy atom. The van der Waals surface area contributed by atoms with E-state index in [9.17, 15) is 0 Å². The molecule has 0 fully saturated rings. The lowest BCUT2D eigenvalue weighted by Gasteiger charge is -2.42.